The normalized spacial score (nSPS) is 12.7. The summed E-state index contributed by atoms with van der Waals surface area (Å²) in [6.07, 6.45) is 0.973. The van der Waals surface area contributed by atoms with Gasteiger partial charge in [0.05, 0.1) is 0 Å². The Morgan fingerprint density at radius 3 is 2.00 bits per heavy atom. The third-order valence-electron chi connectivity index (χ3n) is 3.25. The highest BCUT2D eigenvalue weighted by Crippen LogP contribution is 2.20. The van der Waals surface area contributed by atoms with Crippen LogP contribution in [0.1, 0.15) is 26.7 Å². The molecular weight excluding hydrogens is 293 g/mol. The lowest BCUT2D eigenvalue weighted by Crippen LogP contribution is -2.49. The minimum Gasteiger partial charge on any atom is -0.324 e. The van der Waals surface area contributed by atoms with Crippen LogP contribution in [0.3, 0.4) is 0 Å². The number of sulfonamides is 1. The molecule has 3 N–H and O–H groups in total. The van der Waals surface area contributed by atoms with Gasteiger partial charge in [0, 0.05) is 24.2 Å². The molecule has 0 radical (unpaired) electrons. The van der Waals surface area contributed by atoms with Gasteiger partial charge in [0.25, 0.3) is 0 Å². The average Bonchev–Trinajstić information content (AvgIpc) is 2.34. The molecule has 8 heteroatoms. The number of hydrogen-bond acceptors (Lipinski definition) is 3. The second-order valence-electron chi connectivity index (χ2n) is 4.59. The fourth-order valence-electron chi connectivity index (χ4n) is 1.60. The fraction of sp³-hybridized carbons (Fsp3) is 0.500. The molecule has 0 unspecified atom stereocenters. The van der Waals surface area contributed by atoms with Crippen LogP contribution in [0.15, 0.2) is 17.0 Å². The number of nitrogens with one attached hydrogen (secondary N) is 1. The first-order valence-electron chi connectivity index (χ1n) is 6.08. The van der Waals surface area contributed by atoms with Gasteiger partial charge in [0.1, 0.15) is 17.5 Å². The molecule has 0 spiro atoms. The van der Waals surface area contributed by atoms with E-state index in [2.05, 4.69) is 4.72 Å². The Morgan fingerprint density at radius 2 is 1.60 bits per heavy atom. The fourth-order valence-corrected chi connectivity index (χ4v) is 2.85. The van der Waals surface area contributed by atoms with Gasteiger partial charge in [-0.05, 0) is 12.8 Å². The Labute approximate surface area is 116 Å². The van der Waals surface area contributed by atoms with Crippen LogP contribution in [0.25, 0.3) is 0 Å². The molecule has 1 aromatic rings. The second kappa shape index (κ2) is 6.11. The molecule has 0 saturated heterocycles. The number of rotatable bonds is 6. The largest absolute Gasteiger partial charge is 0.324 e. The van der Waals surface area contributed by atoms with Gasteiger partial charge >= 0.3 is 0 Å². The zero-order valence-electron chi connectivity index (χ0n) is 11.2. The summed E-state index contributed by atoms with van der Waals surface area (Å²) in [6, 6.07) is 0.625. The predicted molar refractivity (Wildman–Crippen MR) is 69.0 cm³/mol. The minimum atomic E-state index is -4.44. The van der Waals surface area contributed by atoms with Gasteiger partial charge in [0.2, 0.25) is 10.0 Å². The van der Waals surface area contributed by atoms with Crippen molar-refractivity contribution in [1.82, 2.24) is 4.72 Å². The van der Waals surface area contributed by atoms with Crippen molar-refractivity contribution in [1.29, 1.82) is 0 Å². The summed E-state index contributed by atoms with van der Waals surface area (Å²) in [5, 5.41) is 0. The Morgan fingerprint density at radius 1 is 1.15 bits per heavy atom. The molecule has 0 bridgehead atoms. The van der Waals surface area contributed by atoms with E-state index in [1.165, 1.54) is 0 Å². The van der Waals surface area contributed by atoms with E-state index in [0.29, 0.717) is 25.0 Å². The Kier molecular flexibility index (Phi) is 5.17. The van der Waals surface area contributed by atoms with Gasteiger partial charge in [-0.1, -0.05) is 13.8 Å². The van der Waals surface area contributed by atoms with Crippen molar-refractivity contribution in [2.24, 2.45) is 5.73 Å². The lowest BCUT2D eigenvalue weighted by molar-refractivity contribution is 0.390. The SMILES string of the molecule is CCC(N)(CC)CNS(=O)(=O)c1c(F)cc(F)cc1F. The molecule has 20 heavy (non-hydrogen) atoms. The molecule has 0 aliphatic rings. The van der Waals surface area contributed by atoms with Crippen LogP contribution in [0.2, 0.25) is 0 Å². The number of benzene rings is 1. The molecule has 0 atom stereocenters. The summed E-state index contributed by atoms with van der Waals surface area (Å²) >= 11 is 0. The topological polar surface area (TPSA) is 72.2 Å². The van der Waals surface area contributed by atoms with Gasteiger partial charge < -0.3 is 5.73 Å². The second-order valence-corrected chi connectivity index (χ2v) is 6.30. The predicted octanol–water partition coefficient (Wildman–Crippen LogP) is 1.90. The highest BCUT2D eigenvalue weighted by atomic mass is 32.2. The Hall–Kier alpha value is -1.12. The van der Waals surface area contributed by atoms with Crippen molar-refractivity contribution >= 4 is 10.0 Å². The third kappa shape index (κ3) is 3.71. The molecule has 0 aliphatic heterocycles. The van der Waals surface area contributed by atoms with Crippen LogP contribution in [-0.4, -0.2) is 20.5 Å². The molecule has 0 heterocycles. The lowest BCUT2D eigenvalue weighted by Gasteiger charge is -2.26. The smallest absolute Gasteiger partial charge is 0.246 e. The van der Waals surface area contributed by atoms with Crippen molar-refractivity contribution in [2.75, 3.05) is 6.54 Å². The van der Waals surface area contributed by atoms with Gasteiger partial charge in [0.15, 0.2) is 4.90 Å². The van der Waals surface area contributed by atoms with E-state index >= 15 is 0 Å². The van der Waals surface area contributed by atoms with Crippen molar-refractivity contribution < 1.29 is 21.6 Å². The van der Waals surface area contributed by atoms with Crippen LogP contribution in [-0.2, 0) is 10.0 Å². The van der Waals surface area contributed by atoms with Gasteiger partial charge in [-0.25, -0.2) is 26.3 Å². The van der Waals surface area contributed by atoms with Gasteiger partial charge in [-0.2, -0.15) is 0 Å². The van der Waals surface area contributed by atoms with Crippen molar-refractivity contribution in [3.63, 3.8) is 0 Å². The van der Waals surface area contributed by atoms with Crippen molar-refractivity contribution in [3.05, 3.63) is 29.6 Å². The molecule has 0 amide bonds. The highest BCUT2D eigenvalue weighted by Gasteiger charge is 2.28. The van der Waals surface area contributed by atoms with Crippen LogP contribution in [0.4, 0.5) is 13.2 Å². The summed E-state index contributed by atoms with van der Waals surface area (Å²) in [5.74, 6) is -4.15. The number of hydrogen-bond donors (Lipinski definition) is 2. The van der Waals surface area contributed by atoms with Gasteiger partial charge in [-0.3, -0.25) is 0 Å². The van der Waals surface area contributed by atoms with Crippen LogP contribution in [0.5, 0.6) is 0 Å². The minimum absolute atomic E-state index is 0.168. The van der Waals surface area contributed by atoms with E-state index in [0.717, 1.165) is 0 Å². The van der Waals surface area contributed by atoms with E-state index in [-0.39, 0.29) is 6.54 Å². The first-order valence-corrected chi connectivity index (χ1v) is 7.56. The lowest BCUT2D eigenvalue weighted by atomic mass is 9.95. The first-order chi connectivity index (χ1) is 9.15. The van der Waals surface area contributed by atoms with Crippen LogP contribution >= 0.6 is 0 Å². The number of halogens is 3. The van der Waals surface area contributed by atoms with E-state index in [1.54, 1.807) is 13.8 Å². The Bertz CT molecular complexity index is 563. The zero-order chi connectivity index (χ0) is 15.6. The van der Waals surface area contributed by atoms with Crippen molar-refractivity contribution in [3.8, 4) is 0 Å². The maximum atomic E-state index is 13.5. The zero-order valence-corrected chi connectivity index (χ0v) is 12.0. The van der Waals surface area contributed by atoms with Gasteiger partial charge in [-0.15, -0.1) is 0 Å². The molecule has 114 valence electrons. The van der Waals surface area contributed by atoms with Crippen molar-refractivity contribution in [2.45, 2.75) is 37.1 Å². The van der Waals surface area contributed by atoms with Crippen LogP contribution < -0.4 is 10.5 Å². The highest BCUT2D eigenvalue weighted by molar-refractivity contribution is 7.89. The van der Waals surface area contributed by atoms with E-state index in [1.807, 2.05) is 0 Å². The van der Waals surface area contributed by atoms with E-state index < -0.39 is 37.9 Å². The maximum Gasteiger partial charge on any atom is 0.246 e. The molecule has 1 aromatic carbocycles. The summed E-state index contributed by atoms with van der Waals surface area (Å²) in [4.78, 5) is -1.20. The summed E-state index contributed by atoms with van der Waals surface area (Å²) < 4.78 is 65.5. The summed E-state index contributed by atoms with van der Waals surface area (Å²) in [6.45, 7) is 3.38. The number of nitrogens with two attached hydrogens (primary N) is 1. The molecule has 0 aromatic heterocycles. The van der Waals surface area contributed by atoms with E-state index in [4.69, 9.17) is 5.73 Å². The molecule has 4 nitrogen and oxygen atoms in total. The molecule has 0 aliphatic carbocycles. The molecule has 1 rings (SSSR count). The molecule has 0 fully saturated rings. The van der Waals surface area contributed by atoms with E-state index in [9.17, 15) is 21.6 Å². The summed E-state index contributed by atoms with van der Waals surface area (Å²) in [5.41, 5.74) is 5.10. The monoisotopic (exact) mass is 310 g/mol. The quantitative estimate of drug-likeness (QED) is 0.843. The third-order valence-corrected chi connectivity index (χ3v) is 4.71. The first kappa shape index (κ1) is 16.9. The summed E-state index contributed by atoms with van der Waals surface area (Å²) in [7, 11) is -4.44. The standard InChI is InChI=1S/C12H17F3N2O2S/c1-3-12(16,4-2)7-17-20(18,19)11-9(14)5-8(13)6-10(11)15/h5-6,17H,3-4,7,16H2,1-2H3. The average molecular weight is 310 g/mol. The maximum absolute atomic E-state index is 13.5. The molecule has 0 saturated carbocycles. The van der Waals surface area contributed by atoms with Crippen LogP contribution in [0, 0.1) is 17.5 Å². The molecular formula is C12H17F3N2O2S. The Balaban J connectivity index is 3.07.